The summed E-state index contributed by atoms with van der Waals surface area (Å²) in [6.07, 6.45) is 2.04. The Morgan fingerprint density at radius 1 is 1.22 bits per heavy atom. The molecule has 0 radical (unpaired) electrons. The summed E-state index contributed by atoms with van der Waals surface area (Å²) in [6, 6.07) is 12.6. The lowest BCUT2D eigenvalue weighted by Crippen LogP contribution is -2.18. The molecule has 5 nitrogen and oxygen atoms in total. The summed E-state index contributed by atoms with van der Waals surface area (Å²) < 4.78 is 8.54. The van der Waals surface area contributed by atoms with Crippen LogP contribution >= 0.6 is 39.0 Å². The van der Waals surface area contributed by atoms with Crippen molar-refractivity contribution in [2.45, 2.75) is 6.54 Å². The van der Waals surface area contributed by atoms with E-state index >= 15 is 0 Å². The Bertz CT molecular complexity index is 1070. The zero-order chi connectivity index (χ0) is 19.4. The lowest BCUT2D eigenvalue weighted by atomic mass is 10.2. The van der Waals surface area contributed by atoms with E-state index in [4.69, 9.17) is 4.74 Å². The Kier molecular flexibility index (Phi) is 6.51. The van der Waals surface area contributed by atoms with Gasteiger partial charge in [0.05, 0.1) is 22.9 Å². The molecule has 1 heterocycles. The summed E-state index contributed by atoms with van der Waals surface area (Å²) in [4.78, 5) is 29.4. The molecule has 8 heteroatoms. The number of ether oxygens (including phenoxy) is 1. The number of nitrogens with zero attached hydrogens (tertiary/aromatic N) is 2. The van der Waals surface area contributed by atoms with Crippen LogP contribution in [0, 0.1) is 0 Å². The molecule has 0 spiro atoms. The van der Waals surface area contributed by atoms with Gasteiger partial charge in [0, 0.05) is 22.3 Å². The quantitative estimate of drug-likeness (QED) is 0.526. The van der Waals surface area contributed by atoms with Crippen LogP contribution in [0.4, 0.5) is 0 Å². The molecule has 1 aromatic heterocycles. The second-order valence-electron chi connectivity index (χ2n) is 5.63. The number of carbonyl (C=O) groups excluding carboxylic acids is 2. The third-order valence-electron chi connectivity index (χ3n) is 3.89. The maximum absolute atomic E-state index is 12.6. The second-order valence-corrected chi connectivity index (χ2v) is 8.54. The highest BCUT2D eigenvalue weighted by molar-refractivity contribution is 9.10. The van der Waals surface area contributed by atoms with Crippen LogP contribution in [0.1, 0.15) is 20.7 Å². The van der Waals surface area contributed by atoms with E-state index in [9.17, 15) is 9.59 Å². The van der Waals surface area contributed by atoms with Crippen molar-refractivity contribution in [2.75, 3.05) is 19.1 Å². The Hall–Kier alpha value is -1.90. The van der Waals surface area contributed by atoms with Crippen LogP contribution in [0.2, 0.25) is 0 Å². The normalized spacial score (nSPS) is 11.7. The molecule has 1 amide bonds. The molecular weight excluding hydrogens is 448 g/mol. The minimum absolute atomic E-state index is 0.297. The zero-order valence-electron chi connectivity index (χ0n) is 14.8. The first kappa shape index (κ1) is 19.9. The molecule has 27 heavy (non-hydrogen) atoms. The predicted octanol–water partition coefficient (Wildman–Crippen LogP) is 4.36. The number of hydrogen-bond acceptors (Lipinski definition) is 5. The summed E-state index contributed by atoms with van der Waals surface area (Å²) in [5, 5.41) is 0. The summed E-state index contributed by atoms with van der Waals surface area (Å²) in [7, 11) is 1.36. The fraction of sp³-hybridized carbons (Fsp3) is 0.211. The third-order valence-corrected chi connectivity index (χ3v) is 6.02. The fourth-order valence-electron chi connectivity index (χ4n) is 2.57. The predicted molar refractivity (Wildman–Crippen MR) is 114 cm³/mol. The van der Waals surface area contributed by atoms with Crippen molar-refractivity contribution in [3.63, 3.8) is 0 Å². The molecule has 0 atom stereocenters. The van der Waals surface area contributed by atoms with E-state index in [2.05, 4.69) is 20.9 Å². The van der Waals surface area contributed by atoms with Gasteiger partial charge in [-0.2, -0.15) is 16.8 Å². The monoisotopic (exact) mass is 464 g/mol. The van der Waals surface area contributed by atoms with E-state index in [0.717, 1.165) is 27.0 Å². The van der Waals surface area contributed by atoms with Gasteiger partial charge in [-0.3, -0.25) is 4.79 Å². The van der Waals surface area contributed by atoms with Crippen LogP contribution in [0.3, 0.4) is 0 Å². The number of thioether (sulfide) groups is 1. The number of esters is 1. The number of aromatic nitrogens is 1. The number of aryl methyl sites for hydroxylation is 1. The van der Waals surface area contributed by atoms with Crippen molar-refractivity contribution in [1.82, 2.24) is 4.57 Å². The van der Waals surface area contributed by atoms with E-state index in [1.165, 1.54) is 18.4 Å². The Labute approximate surface area is 173 Å². The first-order chi connectivity index (χ1) is 13.0. The van der Waals surface area contributed by atoms with Crippen LogP contribution in [0.25, 0.3) is 10.2 Å². The zero-order valence-corrected chi connectivity index (χ0v) is 18.0. The highest BCUT2D eigenvalue weighted by Gasteiger charge is 2.12. The highest BCUT2D eigenvalue weighted by Crippen LogP contribution is 2.21. The summed E-state index contributed by atoms with van der Waals surface area (Å²) >= 11 is 6.49. The largest absolute Gasteiger partial charge is 0.465 e. The molecule has 2 aromatic carbocycles. The maximum Gasteiger partial charge on any atom is 0.337 e. The van der Waals surface area contributed by atoms with Crippen molar-refractivity contribution < 1.29 is 14.3 Å². The molecule has 0 fully saturated rings. The van der Waals surface area contributed by atoms with E-state index in [1.807, 2.05) is 29.0 Å². The molecular formula is C19H17BrN2O3S2. The van der Waals surface area contributed by atoms with E-state index in [0.29, 0.717) is 15.9 Å². The van der Waals surface area contributed by atoms with E-state index < -0.39 is 0 Å². The molecule has 3 rings (SSSR count). The van der Waals surface area contributed by atoms with Crippen molar-refractivity contribution in [3.05, 3.63) is 62.9 Å². The van der Waals surface area contributed by atoms with Crippen LogP contribution < -0.4 is 4.80 Å². The average Bonchev–Trinajstić information content (AvgIpc) is 3.01. The third kappa shape index (κ3) is 4.51. The summed E-state index contributed by atoms with van der Waals surface area (Å²) in [5.41, 5.74) is 1.95. The SMILES string of the molecule is COC(=O)c1ccc2c(c1)sc(=NC(=O)c1cccc(Br)c1)n2CCSC. The second kappa shape index (κ2) is 8.86. The standard InChI is InChI=1S/C19H17BrN2O3S2/c1-25-18(24)13-6-7-15-16(11-13)27-19(22(15)8-9-26-2)21-17(23)12-4-3-5-14(20)10-12/h3-7,10-11H,8-9H2,1-2H3. The molecule has 0 saturated carbocycles. The smallest absolute Gasteiger partial charge is 0.337 e. The number of fused-ring (bicyclic) bond motifs is 1. The minimum Gasteiger partial charge on any atom is -0.465 e. The molecule has 0 saturated heterocycles. The van der Waals surface area contributed by atoms with Crippen LogP contribution in [-0.2, 0) is 11.3 Å². The van der Waals surface area contributed by atoms with Crippen LogP contribution in [0.5, 0.6) is 0 Å². The number of halogens is 1. The van der Waals surface area contributed by atoms with E-state index in [-0.39, 0.29) is 11.9 Å². The van der Waals surface area contributed by atoms with Crippen molar-refractivity contribution >= 4 is 61.1 Å². The first-order valence-electron chi connectivity index (χ1n) is 8.08. The first-order valence-corrected chi connectivity index (χ1v) is 11.1. The Balaban J connectivity index is 2.11. The lowest BCUT2D eigenvalue weighted by molar-refractivity contribution is 0.0601. The number of rotatable bonds is 5. The number of amides is 1. The lowest BCUT2D eigenvalue weighted by Gasteiger charge is -2.04. The van der Waals surface area contributed by atoms with Gasteiger partial charge in [0.1, 0.15) is 0 Å². The van der Waals surface area contributed by atoms with Gasteiger partial charge in [-0.1, -0.05) is 33.3 Å². The van der Waals surface area contributed by atoms with Crippen LogP contribution in [0.15, 0.2) is 51.9 Å². The van der Waals surface area contributed by atoms with Gasteiger partial charge in [0.15, 0.2) is 4.80 Å². The number of hydrogen-bond donors (Lipinski definition) is 0. The summed E-state index contributed by atoms with van der Waals surface area (Å²) in [6.45, 7) is 0.726. The summed E-state index contributed by atoms with van der Waals surface area (Å²) in [5.74, 6) is 0.210. The molecule has 0 aliphatic rings. The van der Waals surface area contributed by atoms with Crippen molar-refractivity contribution in [2.24, 2.45) is 4.99 Å². The number of benzene rings is 2. The highest BCUT2D eigenvalue weighted by atomic mass is 79.9. The number of carbonyl (C=O) groups is 2. The van der Waals surface area contributed by atoms with Gasteiger partial charge in [-0.25, -0.2) is 4.79 Å². The molecule has 0 N–H and O–H groups in total. The van der Waals surface area contributed by atoms with Gasteiger partial charge in [-0.05, 0) is 42.7 Å². The molecule has 0 unspecified atom stereocenters. The molecule has 0 bridgehead atoms. The number of methoxy groups -OCH3 is 1. The van der Waals surface area contributed by atoms with Gasteiger partial charge < -0.3 is 9.30 Å². The molecule has 0 aliphatic carbocycles. The molecule has 140 valence electrons. The van der Waals surface area contributed by atoms with Crippen LogP contribution in [-0.4, -0.2) is 35.6 Å². The maximum atomic E-state index is 12.6. The topological polar surface area (TPSA) is 60.7 Å². The van der Waals surface area contributed by atoms with Gasteiger partial charge in [-0.15, -0.1) is 0 Å². The average molecular weight is 465 g/mol. The number of thiazole rings is 1. The van der Waals surface area contributed by atoms with Gasteiger partial charge >= 0.3 is 5.97 Å². The Morgan fingerprint density at radius 2 is 2.04 bits per heavy atom. The van der Waals surface area contributed by atoms with Crippen molar-refractivity contribution in [1.29, 1.82) is 0 Å². The molecule has 0 aliphatic heterocycles. The van der Waals surface area contributed by atoms with E-state index in [1.54, 1.807) is 36.0 Å². The van der Waals surface area contributed by atoms with Gasteiger partial charge in [0.25, 0.3) is 5.91 Å². The van der Waals surface area contributed by atoms with Gasteiger partial charge in [0.2, 0.25) is 0 Å². The van der Waals surface area contributed by atoms with Crippen molar-refractivity contribution in [3.8, 4) is 0 Å². The molecule has 3 aromatic rings. The fourth-order valence-corrected chi connectivity index (χ4v) is 4.43. The Morgan fingerprint density at radius 3 is 2.74 bits per heavy atom. The minimum atomic E-state index is -0.385.